The minimum Gasteiger partial charge on any atom is -0.477 e. The SMILES string of the molecule is NCC(=O)NCCSCc1ncccc1SC1=C(C(=O)O)N2C(=O)[C@@H](NC(=O)C(N=O)c3nsc(N)n3)[C@@H]2SC1. The van der Waals surface area contributed by atoms with Gasteiger partial charge in [-0.05, 0) is 17.3 Å². The van der Waals surface area contributed by atoms with Crippen molar-refractivity contribution in [3.8, 4) is 0 Å². The standard InChI is InChI=1S/C21H23N9O6S4/c22-6-12(31)25-4-5-37-7-9-10(2-1-3-24-9)39-11-8-38-19-14(18(33)30(19)15(11)20(34)35)26-17(32)13(28-36)16-27-21(23)40-29-16/h1-3,13-14,19H,4-8,22H2,(H,25,31)(H,26,32)(H,34,35)(H2,23,27,29)/t13?,14-,19+/m1/s1. The Balaban J connectivity index is 1.44. The summed E-state index contributed by atoms with van der Waals surface area (Å²) in [6, 6.07) is 0.910. The summed E-state index contributed by atoms with van der Waals surface area (Å²) < 4.78 is 3.82. The van der Waals surface area contributed by atoms with Crippen LogP contribution >= 0.6 is 46.8 Å². The van der Waals surface area contributed by atoms with Gasteiger partial charge in [-0.15, -0.1) is 16.7 Å². The molecule has 0 saturated carbocycles. The zero-order chi connectivity index (χ0) is 28.8. The number of nitrogens with zero attached hydrogens (tertiary/aromatic N) is 5. The molecule has 1 unspecified atom stereocenters. The molecule has 4 rings (SSSR count). The number of carboxylic acid groups (broad SMARTS) is 1. The van der Waals surface area contributed by atoms with Crippen LogP contribution in [0, 0.1) is 4.91 Å². The van der Waals surface area contributed by atoms with Crippen molar-refractivity contribution in [1.82, 2.24) is 29.9 Å². The van der Waals surface area contributed by atoms with Crippen LogP contribution in [0.4, 0.5) is 5.13 Å². The van der Waals surface area contributed by atoms with E-state index in [0.29, 0.717) is 23.0 Å². The molecular formula is C21H23N9O6S4. The molecule has 3 atom stereocenters. The van der Waals surface area contributed by atoms with Crippen LogP contribution in [0.15, 0.2) is 39.0 Å². The van der Waals surface area contributed by atoms with Gasteiger partial charge in [-0.1, -0.05) is 11.8 Å². The first-order valence-corrected chi connectivity index (χ1v) is 15.3. The molecule has 2 aromatic heterocycles. The fourth-order valence-corrected chi connectivity index (χ4v) is 7.67. The highest BCUT2D eigenvalue weighted by Crippen LogP contribution is 2.45. The summed E-state index contributed by atoms with van der Waals surface area (Å²) >= 11 is 4.84. The first-order valence-electron chi connectivity index (χ1n) is 11.5. The number of pyridine rings is 1. The summed E-state index contributed by atoms with van der Waals surface area (Å²) in [6.07, 6.45) is 1.64. The molecule has 2 aromatic rings. The predicted octanol–water partition coefficient (Wildman–Crippen LogP) is 0.119. The molecule has 7 N–H and O–H groups in total. The Hall–Kier alpha value is -3.26. The average Bonchev–Trinajstić information content (AvgIpc) is 3.37. The maximum Gasteiger partial charge on any atom is 0.353 e. The van der Waals surface area contributed by atoms with Crippen molar-refractivity contribution < 1.29 is 24.3 Å². The first-order chi connectivity index (χ1) is 19.2. The summed E-state index contributed by atoms with van der Waals surface area (Å²) in [5.41, 5.74) is 11.3. The highest BCUT2D eigenvalue weighted by atomic mass is 32.2. The van der Waals surface area contributed by atoms with Crippen LogP contribution in [0.25, 0.3) is 0 Å². The third-order valence-electron chi connectivity index (χ3n) is 5.56. The van der Waals surface area contributed by atoms with Gasteiger partial charge in [0.2, 0.25) is 11.9 Å². The van der Waals surface area contributed by atoms with Crippen LogP contribution in [0.1, 0.15) is 17.6 Å². The number of nitrogens with two attached hydrogens (primary N) is 2. The van der Waals surface area contributed by atoms with Crippen LogP contribution in [-0.2, 0) is 24.9 Å². The fourth-order valence-electron chi connectivity index (χ4n) is 3.73. The Morgan fingerprint density at radius 1 is 1.35 bits per heavy atom. The minimum absolute atomic E-state index is 0.0535. The van der Waals surface area contributed by atoms with Crippen molar-refractivity contribution >= 4 is 75.6 Å². The molecule has 2 aliphatic rings. The molecule has 4 heterocycles. The highest BCUT2D eigenvalue weighted by Gasteiger charge is 2.55. The van der Waals surface area contributed by atoms with Crippen molar-refractivity contribution in [1.29, 1.82) is 0 Å². The number of aliphatic carboxylic acids is 1. The number of β-lactam (4-membered cyclic amide) rings is 1. The van der Waals surface area contributed by atoms with Crippen molar-refractivity contribution in [3.05, 3.63) is 45.4 Å². The lowest BCUT2D eigenvalue weighted by molar-refractivity contribution is -0.150. The molecule has 0 radical (unpaired) electrons. The first kappa shape index (κ1) is 29.7. The normalized spacial score (nSPS) is 18.9. The quantitative estimate of drug-likeness (QED) is 0.113. The lowest BCUT2D eigenvalue weighted by Gasteiger charge is -2.49. The zero-order valence-corrected chi connectivity index (χ0v) is 23.8. The van der Waals surface area contributed by atoms with Gasteiger partial charge in [-0.25, -0.2) is 9.78 Å². The van der Waals surface area contributed by atoms with Crippen molar-refractivity contribution in [3.63, 3.8) is 0 Å². The van der Waals surface area contributed by atoms with E-state index in [1.807, 2.05) is 6.07 Å². The van der Waals surface area contributed by atoms with Crippen LogP contribution in [0.3, 0.4) is 0 Å². The maximum atomic E-state index is 13.0. The molecule has 212 valence electrons. The van der Waals surface area contributed by atoms with Crippen LogP contribution < -0.4 is 22.1 Å². The minimum atomic E-state index is -1.59. The molecule has 2 aliphatic heterocycles. The number of amides is 3. The molecule has 0 aromatic carbocycles. The number of nitrogen functional groups attached to an aromatic ring is 1. The van der Waals surface area contributed by atoms with Crippen LogP contribution in [0.5, 0.6) is 0 Å². The van der Waals surface area contributed by atoms with E-state index < -0.39 is 35.2 Å². The fraction of sp³-hybridized carbons (Fsp3) is 0.381. The average molecular weight is 626 g/mol. The van der Waals surface area contributed by atoms with Crippen LogP contribution in [0.2, 0.25) is 0 Å². The van der Waals surface area contributed by atoms with E-state index in [4.69, 9.17) is 11.5 Å². The number of hydrogen-bond acceptors (Lipinski definition) is 15. The number of nitroso groups, excluding NO2 is 1. The topological polar surface area (TPSA) is 236 Å². The lowest BCUT2D eigenvalue weighted by Crippen LogP contribution is -2.70. The molecule has 0 spiro atoms. The van der Waals surface area contributed by atoms with Gasteiger partial charge < -0.3 is 27.2 Å². The molecule has 3 amide bonds. The van der Waals surface area contributed by atoms with E-state index in [2.05, 4.69) is 30.2 Å². The molecule has 1 saturated heterocycles. The molecule has 1 fully saturated rings. The van der Waals surface area contributed by atoms with Crippen molar-refractivity contribution in [2.24, 2.45) is 10.9 Å². The molecule has 40 heavy (non-hydrogen) atoms. The van der Waals surface area contributed by atoms with E-state index in [0.717, 1.165) is 27.0 Å². The Morgan fingerprint density at radius 3 is 2.83 bits per heavy atom. The zero-order valence-electron chi connectivity index (χ0n) is 20.5. The number of carbonyl (C=O) groups is 4. The Labute approximate surface area is 243 Å². The van der Waals surface area contributed by atoms with E-state index >= 15 is 0 Å². The summed E-state index contributed by atoms with van der Waals surface area (Å²) in [4.78, 5) is 71.1. The second-order valence-corrected chi connectivity index (χ2v) is 12.3. The number of thioether (sulfide) groups is 3. The number of carbonyl (C=O) groups excluding carboxylic acids is 3. The van der Waals surface area contributed by atoms with Gasteiger partial charge in [0, 0.05) is 51.3 Å². The number of fused-ring (bicyclic) bond motifs is 1. The predicted molar refractivity (Wildman–Crippen MR) is 151 cm³/mol. The highest BCUT2D eigenvalue weighted by molar-refractivity contribution is 8.06. The summed E-state index contributed by atoms with van der Waals surface area (Å²) in [7, 11) is 0. The molecule has 15 nitrogen and oxygen atoms in total. The largest absolute Gasteiger partial charge is 0.477 e. The van der Waals surface area contributed by atoms with Gasteiger partial charge >= 0.3 is 5.97 Å². The third kappa shape index (κ3) is 6.54. The Kier molecular flexibility index (Phi) is 9.95. The van der Waals surface area contributed by atoms with Crippen molar-refractivity contribution in [2.75, 3.05) is 30.3 Å². The second-order valence-electron chi connectivity index (χ2n) is 8.13. The number of nitrogens with one attached hydrogen (secondary N) is 2. The Morgan fingerprint density at radius 2 is 2.15 bits per heavy atom. The monoisotopic (exact) mass is 625 g/mol. The second kappa shape index (κ2) is 13.4. The maximum absolute atomic E-state index is 13.0. The van der Waals surface area contributed by atoms with Gasteiger partial charge in [-0.2, -0.15) is 16.1 Å². The molecule has 19 heteroatoms. The van der Waals surface area contributed by atoms with Crippen LogP contribution in [-0.4, -0.2) is 84.0 Å². The van der Waals surface area contributed by atoms with E-state index in [1.54, 1.807) is 24.0 Å². The summed E-state index contributed by atoms with van der Waals surface area (Å²) in [6.45, 7) is 0.378. The van der Waals surface area contributed by atoms with E-state index in [9.17, 15) is 29.2 Å². The van der Waals surface area contributed by atoms with Gasteiger partial charge in [-0.3, -0.25) is 24.3 Å². The van der Waals surface area contributed by atoms with Gasteiger partial charge in [0.05, 0.1) is 12.2 Å². The van der Waals surface area contributed by atoms with E-state index in [1.165, 1.54) is 23.5 Å². The third-order valence-corrected chi connectivity index (χ3v) is 9.73. The molecule has 0 bridgehead atoms. The van der Waals surface area contributed by atoms with Gasteiger partial charge in [0.15, 0.2) is 11.0 Å². The van der Waals surface area contributed by atoms with E-state index in [-0.39, 0.29) is 34.9 Å². The number of carboxylic acids is 1. The number of rotatable bonds is 13. The smallest absolute Gasteiger partial charge is 0.353 e. The number of anilines is 1. The summed E-state index contributed by atoms with van der Waals surface area (Å²) in [5.74, 6) is -1.78. The number of hydrogen-bond donors (Lipinski definition) is 5. The summed E-state index contributed by atoms with van der Waals surface area (Å²) in [5, 5.41) is 17.3. The molecule has 0 aliphatic carbocycles. The Bertz CT molecular complexity index is 1360. The van der Waals surface area contributed by atoms with Crippen molar-refractivity contribution in [2.45, 2.75) is 28.1 Å². The molecular weight excluding hydrogens is 603 g/mol. The van der Waals surface area contributed by atoms with Gasteiger partial charge in [0.25, 0.3) is 11.8 Å². The number of aromatic nitrogens is 3. The van der Waals surface area contributed by atoms with Gasteiger partial charge in [0.1, 0.15) is 17.1 Å². The lowest BCUT2D eigenvalue weighted by atomic mass is 10.0.